The molecule has 0 aliphatic heterocycles. The van der Waals surface area contributed by atoms with E-state index in [0.29, 0.717) is 5.41 Å². The average molecular weight is 234 g/mol. The highest BCUT2D eigenvalue weighted by molar-refractivity contribution is 5.54. The Morgan fingerprint density at radius 1 is 1.24 bits per heavy atom. The van der Waals surface area contributed by atoms with Crippen LogP contribution in [0.25, 0.3) is 0 Å². The molecule has 0 aliphatic carbocycles. The van der Waals surface area contributed by atoms with Gasteiger partial charge in [-0.3, -0.25) is 0 Å². The maximum Gasteiger partial charge on any atom is 0.0360 e. The van der Waals surface area contributed by atoms with Crippen LogP contribution in [0, 0.1) is 5.41 Å². The van der Waals surface area contributed by atoms with Gasteiger partial charge in [-0.15, -0.1) is 0 Å². The van der Waals surface area contributed by atoms with Crippen molar-refractivity contribution in [2.45, 2.75) is 46.5 Å². The van der Waals surface area contributed by atoms with Crippen LogP contribution < -0.4 is 11.1 Å². The fraction of sp³-hybridized carbons (Fsp3) is 0.600. The first-order valence-corrected chi connectivity index (χ1v) is 6.63. The van der Waals surface area contributed by atoms with E-state index in [-0.39, 0.29) is 0 Å². The van der Waals surface area contributed by atoms with E-state index in [1.54, 1.807) is 0 Å². The standard InChI is InChI=1S/C15H26N2/c1-4-5-6-10-15(2,3)12-17-14-9-7-8-13(16)11-14/h7-9,11,17H,4-6,10,12,16H2,1-3H3. The molecule has 96 valence electrons. The summed E-state index contributed by atoms with van der Waals surface area (Å²) in [5, 5.41) is 3.47. The molecule has 3 N–H and O–H groups in total. The SMILES string of the molecule is CCCCCC(C)(C)CNc1cccc(N)c1. The van der Waals surface area contributed by atoms with Gasteiger partial charge in [0, 0.05) is 17.9 Å². The van der Waals surface area contributed by atoms with E-state index in [1.807, 2.05) is 18.2 Å². The highest BCUT2D eigenvalue weighted by atomic mass is 14.9. The Morgan fingerprint density at radius 3 is 2.65 bits per heavy atom. The highest BCUT2D eigenvalue weighted by Crippen LogP contribution is 2.24. The Balaban J connectivity index is 2.38. The third kappa shape index (κ3) is 5.62. The van der Waals surface area contributed by atoms with Crippen molar-refractivity contribution < 1.29 is 0 Å². The van der Waals surface area contributed by atoms with Crippen molar-refractivity contribution in [3.8, 4) is 0 Å². The van der Waals surface area contributed by atoms with Crippen molar-refractivity contribution in [1.82, 2.24) is 0 Å². The lowest BCUT2D eigenvalue weighted by molar-refractivity contribution is 0.342. The minimum atomic E-state index is 0.347. The lowest BCUT2D eigenvalue weighted by atomic mass is 9.87. The summed E-state index contributed by atoms with van der Waals surface area (Å²) in [5.74, 6) is 0. The van der Waals surface area contributed by atoms with Crippen molar-refractivity contribution in [3.63, 3.8) is 0 Å². The number of nitrogens with two attached hydrogens (primary N) is 1. The van der Waals surface area contributed by atoms with Crippen LogP contribution in [0.1, 0.15) is 46.5 Å². The zero-order valence-electron chi connectivity index (χ0n) is 11.4. The molecule has 0 spiro atoms. The Morgan fingerprint density at radius 2 is 2.00 bits per heavy atom. The topological polar surface area (TPSA) is 38.0 Å². The molecule has 0 bridgehead atoms. The van der Waals surface area contributed by atoms with Gasteiger partial charge >= 0.3 is 0 Å². The number of rotatable bonds is 7. The molecule has 0 atom stereocenters. The summed E-state index contributed by atoms with van der Waals surface area (Å²) in [5.41, 5.74) is 8.04. The van der Waals surface area contributed by atoms with Crippen molar-refractivity contribution in [3.05, 3.63) is 24.3 Å². The average Bonchev–Trinajstić information content (AvgIpc) is 2.27. The molecule has 0 heterocycles. The summed E-state index contributed by atoms with van der Waals surface area (Å²) in [6.45, 7) is 7.89. The monoisotopic (exact) mass is 234 g/mol. The third-order valence-corrected chi connectivity index (χ3v) is 3.11. The van der Waals surface area contributed by atoms with Crippen molar-refractivity contribution in [1.29, 1.82) is 0 Å². The number of unbranched alkanes of at least 4 members (excludes halogenated alkanes) is 2. The van der Waals surface area contributed by atoms with Gasteiger partial charge in [-0.2, -0.15) is 0 Å². The zero-order chi connectivity index (χ0) is 12.7. The Kier molecular flexibility index (Phi) is 5.33. The second-order valence-electron chi connectivity index (χ2n) is 5.60. The highest BCUT2D eigenvalue weighted by Gasteiger charge is 2.16. The van der Waals surface area contributed by atoms with Gasteiger partial charge in [0.1, 0.15) is 0 Å². The Hall–Kier alpha value is -1.18. The van der Waals surface area contributed by atoms with Crippen LogP contribution in [-0.4, -0.2) is 6.54 Å². The fourth-order valence-electron chi connectivity index (χ4n) is 1.93. The predicted octanol–water partition coefficient (Wildman–Crippen LogP) is 4.29. The predicted molar refractivity (Wildman–Crippen MR) is 77.3 cm³/mol. The molecular formula is C15H26N2. The molecule has 17 heavy (non-hydrogen) atoms. The molecule has 0 unspecified atom stereocenters. The van der Waals surface area contributed by atoms with E-state index in [0.717, 1.165) is 17.9 Å². The van der Waals surface area contributed by atoms with Crippen molar-refractivity contribution in [2.24, 2.45) is 5.41 Å². The summed E-state index contributed by atoms with van der Waals surface area (Å²) in [6.07, 6.45) is 5.22. The summed E-state index contributed by atoms with van der Waals surface area (Å²) in [4.78, 5) is 0. The van der Waals surface area contributed by atoms with Crippen LogP contribution in [0.3, 0.4) is 0 Å². The smallest absolute Gasteiger partial charge is 0.0360 e. The van der Waals surface area contributed by atoms with E-state index in [1.165, 1.54) is 25.7 Å². The maximum atomic E-state index is 5.76. The van der Waals surface area contributed by atoms with Gasteiger partial charge in [0.15, 0.2) is 0 Å². The summed E-state index contributed by atoms with van der Waals surface area (Å²) in [7, 11) is 0. The van der Waals surface area contributed by atoms with E-state index >= 15 is 0 Å². The second-order valence-corrected chi connectivity index (χ2v) is 5.60. The number of hydrogen-bond donors (Lipinski definition) is 2. The minimum Gasteiger partial charge on any atom is -0.399 e. The van der Waals surface area contributed by atoms with E-state index in [2.05, 4.69) is 32.2 Å². The van der Waals surface area contributed by atoms with Crippen LogP contribution in [0.2, 0.25) is 0 Å². The second kappa shape index (κ2) is 6.53. The third-order valence-electron chi connectivity index (χ3n) is 3.11. The van der Waals surface area contributed by atoms with Crippen molar-refractivity contribution >= 4 is 11.4 Å². The fourth-order valence-corrected chi connectivity index (χ4v) is 1.93. The molecule has 0 fully saturated rings. The van der Waals surface area contributed by atoms with E-state index < -0.39 is 0 Å². The molecule has 2 nitrogen and oxygen atoms in total. The zero-order valence-corrected chi connectivity index (χ0v) is 11.4. The molecule has 2 heteroatoms. The molecule has 1 aromatic rings. The summed E-state index contributed by atoms with van der Waals surface area (Å²) >= 11 is 0. The van der Waals surface area contributed by atoms with Gasteiger partial charge in [0.25, 0.3) is 0 Å². The van der Waals surface area contributed by atoms with Crippen molar-refractivity contribution in [2.75, 3.05) is 17.6 Å². The number of anilines is 2. The molecule has 0 amide bonds. The number of benzene rings is 1. The first-order chi connectivity index (χ1) is 8.03. The van der Waals surface area contributed by atoms with Gasteiger partial charge in [-0.1, -0.05) is 46.1 Å². The Bertz CT molecular complexity index is 331. The largest absolute Gasteiger partial charge is 0.399 e. The molecule has 0 aromatic heterocycles. The number of nitrogen functional groups attached to an aromatic ring is 1. The van der Waals surface area contributed by atoms with Gasteiger partial charge in [-0.25, -0.2) is 0 Å². The molecule has 0 saturated heterocycles. The van der Waals surface area contributed by atoms with Crippen LogP contribution >= 0.6 is 0 Å². The van der Waals surface area contributed by atoms with Gasteiger partial charge in [-0.05, 0) is 30.0 Å². The molecule has 0 aliphatic rings. The lowest BCUT2D eigenvalue weighted by Crippen LogP contribution is -2.23. The summed E-state index contributed by atoms with van der Waals surface area (Å²) < 4.78 is 0. The van der Waals surface area contributed by atoms with Gasteiger partial charge in [0.2, 0.25) is 0 Å². The molecular weight excluding hydrogens is 208 g/mol. The van der Waals surface area contributed by atoms with Crippen LogP contribution in [-0.2, 0) is 0 Å². The van der Waals surface area contributed by atoms with Crippen LogP contribution in [0.15, 0.2) is 24.3 Å². The first-order valence-electron chi connectivity index (χ1n) is 6.63. The number of nitrogens with one attached hydrogen (secondary N) is 1. The quantitative estimate of drug-likeness (QED) is 0.545. The van der Waals surface area contributed by atoms with Crippen LogP contribution in [0.4, 0.5) is 11.4 Å². The van der Waals surface area contributed by atoms with Gasteiger partial charge in [0.05, 0.1) is 0 Å². The minimum absolute atomic E-state index is 0.347. The van der Waals surface area contributed by atoms with E-state index in [4.69, 9.17) is 5.73 Å². The first kappa shape index (κ1) is 13.9. The molecule has 0 radical (unpaired) electrons. The van der Waals surface area contributed by atoms with Gasteiger partial charge < -0.3 is 11.1 Å². The molecule has 0 saturated carbocycles. The van der Waals surface area contributed by atoms with E-state index in [9.17, 15) is 0 Å². The Labute approximate surface area is 106 Å². The lowest BCUT2D eigenvalue weighted by Gasteiger charge is -2.25. The maximum absolute atomic E-state index is 5.76. The number of hydrogen-bond acceptors (Lipinski definition) is 2. The molecule has 1 rings (SSSR count). The normalized spacial score (nSPS) is 11.5. The molecule has 1 aromatic carbocycles. The summed E-state index contributed by atoms with van der Waals surface area (Å²) in [6, 6.07) is 7.96. The van der Waals surface area contributed by atoms with Crippen LogP contribution in [0.5, 0.6) is 0 Å².